The van der Waals surface area contributed by atoms with E-state index in [1.54, 1.807) is 0 Å². The third-order valence-electron chi connectivity index (χ3n) is 2.41. The second-order valence-corrected chi connectivity index (χ2v) is 3.38. The minimum Gasteiger partial charge on any atom is -0.550 e. The van der Waals surface area contributed by atoms with Crippen molar-refractivity contribution >= 4 is 5.97 Å². The van der Waals surface area contributed by atoms with E-state index in [0.29, 0.717) is 5.92 Å². The van der Waals surface area contributed by atoms with Gasteiger partial charge in [0.1, 0.15) is 0 Å². The molecule has 0 aromatic rings. The molecule has 0 saturated carbocycles. The lowest BCUT2D eigenvalue weighted by Gasteiger charge is -2.21. The molecule has 2 atom stereocenters. The quantitative estimate of drug-likeness (QED) is 0.556. The predicted octanol–water partition coefficient (Wildman–Crippen LogP) is -0.907. The number of carboxylic acid groups (broad SMARTS) is 1. The van der Waals surface area contributed by atoms with Gasteiger partial charge in [0.25, 0.3) is 0 Å². The van der Waals surface area contributed by atoms with Gasteiger partial charge in [-0.3, -0.25) is 0 Å². The Morgan fingerprint density at radius 2 is 2.42 bits per heavy atom. The minimum atomic E-state index is -0.982. The van der Waals surface area contributed by atoms with Gasteiger partial charge < -0.3 is 15.6 Å². The number of carboxylic acids is 1. The topological polar surface area (TPSA) is 67.8 Å². The summed E-state index contributed by atoms with van der Waals surface area (Å²) in [6.07, 6.45) is 7.45. The smallest absolute Gasteiger partial charge is 0.0927 e. The molecule has 0 aromatic heterocycles. The third kappa shape index (κ3) is 2.66. The maximum atomic E-state index is 10.3. The van der Waals surface area contributed by atoms with Crippen LogP contribution in [0, 0.1) is 5.92 Å². The Morgan fingerprint density at radius 1 is 1.67 bits per heavy atom. The van der Waals surface area contributed by atoms with Crippen LogP contribution in [-0.4, -0.2) is 12.0 Å². The van der Waals surface area contributed by atoms with Gasteiger partial charge >= 0.3 is 0 Å². The molecule has 3 heteroatoms. The lowest BCUT2D eigenvalue weighted by atomic mass is 9.87. The fourth-order valence-electron chi connectivity index (χ4n) is 1.63. The average molecular weight is 169 g/mol. The largest absolute Gasteiger partial charge is 0.550 e. The van der Waals surface area contributed by atoms with E-state index < -0.39 is 5.97 Å². The average Bonchev–Trinajstić information content (AvgIpc) is 2.05. The summed E-state index contributed by atoms with van der Waals surface area (Å²) in [5.74, 6) is -0.544. The molecular weight excluding hydrogens is 154 g/mol. The van der Waals surface area contributed by atoms with E-state index in [2.05, 4.69) is 17.9 Å². The summed E-state index contributed by atoms with van der Waals surface area (Å²) in [5.41, 5.74) is 3.85. The Balaban J connectivity index is 2.35. The van der Waals surface area contributed by atoms with Crippen LogP contribution in [-0.2, 0) is 4.79 Å². The van der Waals surface area contributed by atoms with Crippen LogP contribution >= 0.6 is 0 Å². The van der Waals surface area contributed by atoms with E-state index in [1.165, 1.54) is 0 Å². The number of hydrogen-bond donors (Lipinski definition) is 1. The Labute approximate surface area is 72.3 Å². The second-order valence-electron chi connectivity index (χ2n) is 3.38. The number of carbonyl (C=O) groups is 1. The van der Waals surface area contributed by atoms with Crippen molar-refractivity contribution in [1.82, 2.24) is 0 Å². The van der Waals surface area contributed by atoms with E-state index in [0.717, 1.165) is 19.3 Å². The first-order chi connectivity index (χ1) is 5.70. The first-order valence-electron chi connectivity index (χ1n) is 4.38. The molecular formula is C9H15NO2. The summed E-state index contributed by atoms with van der Waals surface area (Å²) < 4.78 is 0. The Hall–Kier alpha value is -0.830. The molecule has 0 radical (unpaired) electrons. The molecule has 1 rings (SSSR count). The molecule has 0 fully saturated rings. The van der Waals surface area contributed by atoms with Gasteiger partial charge in [-0.1, -0.05) is 12.2 Å². The third-order valence-corrected chi connectivity index (χ3v) is 2.41. The summed E-state index contributed by atoms with van der Waals surface area (Å²) in [7, 11) is 0. The Bertz CT molecular complexity index is 189. The van der Waals surface area contributed by atoms with Crippen molar-refractivity contribution in [3.8, 4) is 0 Å². The van der Waals surface area contributed by atoms with Crippen LogP contribution in [0.25, 0.3) is 0 Å². The second kappa shape index (κ2) is 4.26. The van der Waals surface area contributed by atoms with E-state index in [4.69, 9.17) is 0 Å². The van der Waals surface area contributed by atoms with Crippen molar-refractivity contribution in [3.63, 3.8) is 0 Å². The molecule has 0 spiro atoms. The molecule has 1 aliphatic carbocycles. The molecule has 0 amide bonds. The Morgan fingerprint density at radius 3 is 2.92 bits per heavy atom. The number of hydrogen-bond acceptors (Lipinski definition) is 2. The highest BCUT2D eigenvalue weighted by atomic mass is 16.4. The van der Waals surface area contributed by atoms with Crippen LogP contribution < -0.4 is 10.8 Å². The van der Waals surface area contributed by atoms with Crippen LogP contribution in [0.1, 0.15) is 25.7 Å². The van der Waals surface area contributed by atoms with Crippen LogP contribution in [0.4, 0.5) is 0 Å². The zero-order valence-electron chi connectivity index (χ0n) is 7.16. The standard InChI is InChI=1S/C9H15NO2/c10-8(6-9(11)12)7-4-2-1-3-5-7/h1-2,7-8H,3-6,10H2,(H,11,12)/t7-,8-/m1/s1. The molecule has 12 heavy (non-hydrogen) atoms. The lowest BCUT2D eigenvalue weighted by molar-refractivity contribution is -0.437. The van der Waals surface area contributed by atoms with Gasteiger partial charge in [-0.25, -0.2) is 0 Å². The molecule has 3 nitrogen and oxygen atoms in total. The van der Waals surface area contributed by atoms with E-state index in [1.807, 2.05) is 0 Å². The molecule has 0 saturated heterocycles. The number of carbonyl (C=O) groups excluding carboxylic acids is 1. The van der Waals surface area contributed by atoms with Crippen LogP contribution in [0.2, 0.25) is 0 Å². The van der Waals surface area contributed by atoms with Crippen LogP contribution in [0.15, 0.2) is 12.2 Å². The molecule has 1 aliphatic rings. The molecule has 68 valence electrons. The van der Waals surface area contributed by atoms with Crippen molar-refractivity contribution in [3.05, 3.63) is 12.2 Å². The van der Waals surface area contributed by atoms with Crippen molar-refractivity contribution in [2.45, 2.75) is 31.7 Å². The van der Waals surface area contributed by atoms with Crippen molar-refractivity contribution in [2.24, 2.45) is 5.92 Å². The molecule has 0 bridgehead atoms. The zero-order chi connectivity index (χ0) is 8.97. The molecule has 0 aliphatic heterocycles. The predicted molar refractivity (Wildman–Crippen MR) is 42.8 cm³/mol. The maximum absolute atomic E-state index is 10.3. The maximum Gasteiger partial charge on any atom is 0.0927 e. The number of quaternary nitrogens is 1. The highest BCUT2D eigenvalue weighted by molar-refractivity contribution is 5.64. The number of aliphatic carboxylic acids is 1. The van der Waals surface area contributed by atoms with Gasteiger partial charge in [0.05, 0.1) is 6.04 Å². The SMILES string of the molecule is [NH3+][C@H](CC(=O)[O-])[C@@H]1CC=CCC1. The van der Waals surface area contributed by atoms with Gasteiger partial charge in [0.2, 0.25) is 0 Å². The van der Waals surface area contributed by atoms with Crippen LogP contribution in [0.5, 0.6) is 0 Å². The van der Waals surface area contributed by atoms with Gasteiger partial charge in [-0.05, 0) is 19.3 Å². The highest BCUT2D eigenvalue weighted by Crippen LogP contribution is 2.20. The van der Waals surface area contributed by atoms with Gasteiger partial charge in [-0.15, -0.1) is 0 Å². The summed E-state index contributed by atoms with van der Waals surface area (Å²) in [5, 5.41) is 10.3. The van der Waals surface area contributed by atoms with Crippen molar-refractivity contribution in [2.75, 3.05) is 0 Å². The van der Waals surface area contributed by atoms with Crippen LogP contribution in [0.3, 0.4) is 0 Å². The Kier molecular flexibility index (Phi) is 3.29. The van der Waals surface area contributed by atoms with E-state index in [9.17, 15) is 9.90 Å². The van der Waals surface area contributed by atoms with E-state index in [-0.39, 0.29) is 12.5 Å². The monoisotopic (exact) mass is 169 g/mol. The number of rotatable bonds is 3. The summed E-state index contributed by atoms with van der Waals surface area (Å²) >= 11 is 0. The fourth-order valence-corrected chi connectivity index (χ4v) is 1.63. The molecule has 0 unspecified atom stereocenters. The van der Waals surface area contributed by atoms with Gasteiger partial charge in [0, 0.05) is 18.3 Å². The summed E-state index contributed by atoms with van der Waals surface area (Å²) in [6.45, 7) is 0. The highest BCUT2D eigenvalue weighted by Gasteiger charge is 2.20. The normalized spacial score (nSPS) is 25.2. The fraction of sp³-hybridized carbons (Fsp3) is 0.667. The van der Waals surface area contributed by atoms with Gasteiger partial charge in [0.15, 0.2) is 0 Å². The lowest BCUT2D eigenvalue weighted by Crippen LogP contribution is -2.65. The van der Waals surface area contributed by atoms with Crippen molar-refractivity contribution < 1.29 is 15.6 Å². The number of allylic oxidation sites excluding steroid dienone is 2. The zero-order valence-corrected chi connectivity index (χ0v) is 7.16. The summed E-state index contributed by atoms with van der Waals surface area (Å²) in [6, 6.07) is 0.0138. The molecule has 0 aromatic carbocycles. The van der Waals surface area contributed by atoms with Gasteiger partial charge in [-0.2, -0.15) is 0 Å². The first kappa shape index (κ1) is 9.26. The first-order valence-corrected chi connectivity index (χ1v) is 4.38. The van der Waals surface area contributed by atoms with Crippen molar-refractivity contribution in [1.29, 1.82) is 0 Å². The molecule has 3 N–H and O–H groups in total. The summed E-state index contributed by atoms with van der Waals surface area (Å²) in [4.78, 5) is 10.3. The molecule has 0 heterocycles. The van der Waals surface area contributed by atoms with E-state index >= 15 is 0 Å². The minimum absolute atomic E-state index is 0.0138.